The van der Waals surface area contributed by atoms with Gasteiger partial charge in [-0.1, -0.05) is 48.5 Å². The number of rotatable bonds is 7. The van der Waals surface area contributed by atoms with E-state index in [9.17, 15) is 14.7 Å². The Bertz CT molecular complexity index is 926. The summed E-state index contributed by atoms with van der Waals surface area (Å²) in [7, 11) is 0. The summed E-state index contributed by atoms with van der Waals surface area (Å²) in [4.78, 5) is 25.7. The number of thiophene rings is 1. The molecule has 3 aromatic rings. The summed E-state index contributed by atoms with van der Waals surface area (Å²) in [5.74, 6) is -0.0999. The maximum absolute atomic E-state index is 12.5. The molecule has 3 rings (SSSR count). The molecule has 0 unspecified atom stereocenters. The van der Waals surface area contributed by atoms with E-state index in [1.54, 1.807) is 36.4 Å². The molecule has 144 valence electrons. The number of amides is 2. The van der Waals surface area contributed by atoms with Crippen LogP contribution in [0.4, 0.5) is 10.5 Å². The van der Waals surface area contributed by atoms with Crippen LogP contribution in [0.1, 0.15) is 40.2 Å². The molecule has 1 aromatic heterocycles. The van der Waals surface area contributed by atoms with Gasteiger partial charge in [-0.05, 0) is 36.9 Å². The van der Waals surface area contributed by atoms with Crippen LogP contribution in [0.2, 0.25) is 0 Å². The highest BCUT2D eigenvalue weighted by Crippen LogP contribution is 2.23. The van der Waals surface area contributed by atoms with E-state index in [1.807, 2.05) is 42.6 Å². The predicted octanol–water partition coefficient (Wildman–Crippen LogP) is 4.61. The fourth-order valence-electron chi connectivity index (χ4n) is 2.88. The third kappa shape index (κ3) is 5.28. The Balaban J connectivity index is 1.57. The first kappa shape index (κ1) is 19.8. The van der Waals surface area contributed by atoms with Gasteiger partial charge in [-0.2, -0.15) is 0 Å². The van der Waals surface area contributed by atoms with Gasteiger partial charge in [0, 0.05) is 27.7 Å². The highest BCUT2D eigenvalue weighted by Gasteiger charge is 2.16. The molecule has 0 bridgehead atoms. The topological polar surface area (TPSA) is 78.4 Å². The van der Waals surface area contributed by atoms with Crippen molar-refractivity contribution in [2.24, 2.45) is 0 Å². The molecular formula is C22H22N2O3S. The quantitative estimate of drug-likeness (QED) is 0.512. The van der Waals surface area contributed by atoms with Crippen LogP contribution in [0, 0.1) is 0 Å². The minimum Gasteiger partial charge on any atom is -0.387 e. The lowest BCUT2D eigenvalue weighted by Gasteiger charge is -2.17. The van der Waals surface area contributed by atoms with Crippen molar-refractivity contribution in [1.29, 1.82) is 0 Å². The fraction of sp³-hybridized carbons (Fsp3) is 0.182. The van der Waals surface area contributed by atoms with Gasteiger partial charge in [-0.25, -0.2) is 4.79 Å². The highest BCUT2D eigenvalue weighted by molar-refractivity contribution is 7.10. The zero-order valence-electron chi connectivity index (χ0n) is 15.5. The number of urea groups is 1. The number of benzene rings is 2. The second-order valence-electron chi connectivity index (χ2n) is 6.54. The standard InChI is InChI=1S/C22H22N2O3S/c1-15(13-19(25)20-11-6-12-28-20)23-22(27)24-18-10-5-9-17(14-18)21(26)16-7-3-2-4-8-16/h2-12,14-15,19,25H,13H2,1H3,(H2,23,24,27)/t15-,19+/m0/s1. The van der Waals surface area contributed by atoms with E-state index in [4.69, 9.17) is 0 Å². The Morgan fingerprint density at radius 3 is 2.46 bits per heavy atom. The lowest BCUT2D eigenvalue weighted by Crippen LogP contribution is -2.37. The summed E-state index contributed by atoms with van der Waals surface area (Å²) in [5.41, 5.74) is 1.63. The molecule has 2 atom stereocenters. The van der Waals surface area contributed by atoms with Crippen molar-refractivity contribution in [2.75, 3.05) is 5.32 Å². The normalized spacial score (nSPS) is 12.8. The Morgan fingerprint density at radius 2 is 1.75 bits per heavy atom. The molecule has 3 N–H and O–H groups in total. The number of hydrogen-bond acceptors (Lipinski definition) is 4. The first-order valence-electron chi connectivity index (χ1n) is 9.01. The number of hydrogen-bond donors (Lipinski definition) is 3. The Hall–Kier alpha value is -2.96. The summed E-state index contributed by atoms with van der Waals surface area (Å²) >= 11 is 1.49. The minimum atomic E-state index is -0.609. The summed E-state index contributed by atoms with van der Waals surface area (Å²) in [6.07, 6.45) is -0.192. The smallest absolute Gasteiger partial charge is 0.319 e. The number of ketones is 1. The van der Waals surface area contributed by atoms with E-state index in [0.29, 0.717) is 23.2 Å². The van der Waals surface area contributed by atoms with Crippen molar-refractivity contribution in [3.63, 3.8) is 0 Å². The number of nitrogens with one attached hydrogen (secondary N) is 2. The molecule has 28 heavy (non-hydrogen) atoms. The lowest BCUT2D eigenvalue weighted by atomic mass is 10.0. The first-order valence-corrected chi connectivity index (χ1v) is 9.89. The summed E-state index contributed by atoms with van der Waals surface area (Å²) in [6.45, 7) is 1.84. The van der Waals surface area contributed by atoms with Crippen LogP contribution in [-0.4, -0.2) is 23.0 Å². The van der Waals surface area contributed by atoms with Crippen LogP contribution >= 0.6 is 11.3 Å². The second-order valence-corrected chi connectivity index (χ2v) is 7.52. The van der Waals surface area contributed by atoms with Gasteiger partial charge < -0.3 is 15.7 Å². The largest absolute Gasteiger partial charge is 0.387 e. The Morgan fingerprint density at radius 1 is 1.00 bits per heavy atom. The van der Waals surface area contributed by atoms with E-state index < -0.39 is 6.10 Å². The number of anilines is 1. The molecule has 0 saturated heterocycles. The van der Waals surface area contributed by atoms with E-state index >= 15 is 0 Å². The molecule has 0 aliphatic carbocycles. The van der Waals surface area contributed by atoms with E-state index in [-0.39, 0.29) is 17.9 Å². The number of aliphatic hydroxyl groups excluding tert-OH is 1. The molecule has 1 heterocycles. The van der Waals surface area contributed by atoms with Gasteiger partial charge in [-0.15, -0.1) is 11.3 Å². The van der Waals surface area contributed by atoms with Crippen molar-refractivity contribution < 1.29 is 14.7 Å². The van der Waals surface area contributed by atoms with Crippen LogP contribution in [-0.2, 0) is 0 Å². The molecule has 6 heteroatoms. The molecule has 5 nitrogen and oxygen atoms in total. The number of aliphatic hydroxyl groups is 1. The molecular weight excluding hydrogens is 372 g/mol. The summed E-state index contributed by atoms with van der Waals surface area (Å²) in [5, 5.41) is 17.7. The monoisotopic (exact) mass is 394 g/mol. The van der Waals surface area contributed by atoms with Gasteiger partial charge in [-0.3, -0.25) is 4.79 Å². The second kappa shape index (κ2) is 9.30. The lowest BCUT2D eigenvalue weighted by molar-refractivity contribution is 0.103. The average Bonchev–Trinajstić information content (AvgIpc) is 3.23. The van der Waals surface area contributed by atoms with Crippen molar-refractivity contribution in [3.05, 3.63) is 88.1 Å². The third-order valence-electron chi connectivity index (χ3n) is 4.24. The molecule has 0 aliphatic rings. The molecule has 2 amide bonds. The minimum absolute atomic E-state index is 0.0999. The maximum atomic E-state index is 12.5. The van der Waals surface area contributed by atoms with Gasteiger partial charge in [0.15, 0.2) is 5.78 Å². The zero-order valence-corrected chi connectivity index (χ0v) is 16.3. The van der Waals surface area contributed by atoms with Crippen LogP contribution < -0.4 is 10.6 Å². The maximum Gasteiger partial charge on any atom is 0.319 e. The molecule has 0 aliphatic heterocycles. The van der Waals surface area contributed by atoms with Gasteiger partial charge in [0.25, 0.3) is 0 Å². The molecule has 0 radical (unpaired) electrons. The average molecular weight is 394 g/mol. The highest BCUT2D eigenvalue weighted by atomic mass is 32.1. The molecule has 0 saturated carbocycles. The predicted molar refractivity (Wildman–Crippen MR) is 112 cm³/mol. The SMILES string of the molecule is C[C@@H](C[C@@H](O)c1cccs1)NC(=O)Nc1cccc(C(=O)c2ccccc2)c1. The van der Waals surface area contributed by atoms with Crippen molar-refractivity contribution in [2.45, 2.75) is 25.5 Å². The van der Waals surface area contributed by atoms with E-state index in [2.05, 4.69) is 10.6 Å². The first-order chi connectivity index (χ1) is 13.5. The van der Waals surface area contributed by atoms with Crippen molar-refractivity contribution in [3.8, 4) is 0 Å². The van der Waals surface area contributed by atoms with Crippen LogP contribution in [0.25, 0.3) is 0 Å². The van der Waals surface area contributed by atoms with Crippen molar-refractivity contribution in [1.82, 2.24) is 5.32 Å². The van der Waals surface area contributed by atoms with Crippen molar-refractivity contribution >= 4 is 28.8 Å². The van der Waals surface area contributed by atoms with Crippen LogP contribution in [0.3, 0.4) is 0 Å². The Labute approximate surface area is 168 Å². The van der Waals surface area contributed by atoms with E-state index in [0.717, 1.165) is 4.88 Å². The van der Waals surface area contributed by atoms with Crippen LogP contribution in [0.15, 0.2) is 72.1 Å². The number of carbonyl (C=O) groups excluding carboxylic acids is 2. The zero-order chi connectivity index (χ0) is 19.9. The molecule has 0 spiro atoms. The number of carbonyl (C=O) groups is 2. The fourth-order valence-corrected chi connectivity index (χ4v) is 3.60. The Kier molecular flexibility index (Phi) is 6.57. The molecule has 0 fully saturated rings. The van der Waals surface area contributed by atoms with Gasteiger partial charge >= 0.3 is 6.03 Å². The third-order valence-corrected chi connectivity index (χ3v) is 5.22. The van der Waals surface area contributed by atoms with Gasteiger partial charge in [0.2, 0.25) is 0 Å². The summed E-state index contributed by atoms with van der Waals surface area (Å²) < 4.78 is 0. The van der Waals surface area contributed by atoms with E-state index in [1.165, 1.54) is 11.3 Å². The summed E-state index contributed by atoms with van der Waals surface area (Å²) in [6, 6.07) is 19.0. The van der Waals surface area contributed by atoms with Gasteiger partial charge in [0.1, 0.15) is 0 Å². The van der Waals surface area contributed by atoms with Crippen LogP contribution in [0.5, 0.6) is 0 Å². The molecule has 2 aromatic carbocycles. The van der Waals surface area contributed by atoms with Gasteiger partial charge in [0.05, 0.1) is 6.10 Å².